The molecule has 0 atom stereocenters. The second-order valence-corrected chi connectivity index (χ2v) is 9.77. The van der Waals surface area contributed by atoms with E-state index in [1.54, 1.807) is 42.5 Å². The third kappa shape index (κ3) is 5.01. The number of amides is 1. The molecule has 0 spiro atoms. The molecule has 3 aromatic rings. The lowest BCUT2D eigenvalue weighted by Gasteiger charge is -2.10. The first kappa shape index (κ1) is 21.9. The molecule has 0 aliphatic heterocycles. The van der Waals surface area contributed by atoms with Crippen LogP contribution in [0.1, 0.15) is 30.0 Å². The van der Waals surface area contributed by atoms with Crippen molar-refractivity contribution >= 4 is 26.9 Å². The maximum Gasteiger partial charge on any atom is 0.251 e. The zero-order valence-corrected chi connectivity index (χ0v) is 18.3. The molecule has 0 fully saturated rings. The van der Waals surface area contributed by atoms with Crippen molar-refractivity contribution in [2.45, 2.75) is 25.3 Å². The van der Waals surface area contributed by atoms with Crippen molar-refractivity contribution in [3.63, 3.8) is 0 Å². The summed E-state index contributed by atoms with van der Waals surface area (Å²) < 4.78 is 37.2. The lowest BCUT2D eigenvalue weighted by atomic mass is 10.2. The minimum absolute atomic E-state index is 0.115. The van der Waals surface area contributed by atoms with Crippen LogP contribution in [-0.4, -0.2) is 39.3 Å². The SMILES string of the molecule is CC(C)CNC(=O)c1ccc(OCc2cc3cc(S(=O)(=O)N(C)C)ccc3o2)cc1. The van der Waals surface area contributed by atoms with E-state index in [1.807, 2.05) is 13.8 Å². The summed E-state index contributed by atoms with van der Waals surface area (Å²) in [5.41, 5.74) is 1.16. The number of fused-ring (bicyclic) bond motifs is 1. The lowest BCUT2D eigenvalue weighted by molar-refractivity contribution is 0.0949. The number of hydrogen-bond donors (Lipinski definition) is 1. The average Bonchev–Trinajstić information content (AvgIpc) is 3.12. The Morgan fingerprint density at radius 3 is 2.43 bits per heavy atom. The van der Waals surface area contributed by atoms with Crippen molar-refractivity contribution < 1.29 is 22.4 Å². The second-order valence-electron chi connectivity index (χ2n) is 7.62. The first-order valence-corrected chi connectivity index (χ1v) is 11.1. The van der Waals surface area contributed by atoms with Gasteiger partial charge in [-0.3, -0.25) is 4.79 Å². The fourth-order valence-corrected chi connectivity index (χ4v) is 3.71. The molecule has 1 N–H and O–H groups in total. The minimum atomic E-state index is -3.51. The second kappa shape index (κ2) is 8.89. The summed E-state index contributed by atoms with van der Waals surface area (Å²) in [4.78, 5) is 12.3. The Labute approximate surface area is 176 Å². The number of hydrogen-bond acceptors (Lipinski definition) is 5. The molecule has 0 saturated carbocycles. The van der Waals surface area contributed by atoms with Crippen molar-refractivity contribution in [3.05, 3.63) is 59.9 Å². The monoisotopic (exact) mass is 430 g/mol. The fourth-order valence-electron chi connectivity index (χ4n) is 2.77. The molecule has 8 heteroatoms. The van der Waals surface area contributed by atoms with E-state index in [1.165, 1.54) is 24.5 Å². The Morgan fingerprint density at radius 1 is 1.10 bits per heavy atom. The number of benzene rings is 2. The molecular formula is C22H26N2O5S. The predicted octanol–water partition coefficient (Wildman–Crippen LogP) is 3.65. The average molecular weight is 431 g/mol. The van der Waals surface area contributed by atoms with Crippen LogP contribution in [0.4, 0.5) is 0 Å². The van der Waals surface area contributed by atoms with Gasteiger partial charge in [0.2, 0.25) is 10.0 Å². The van der Waals surface area contributed by atoms with E-state index in [-0.39, 0.29) is 17.4 Å². The summed E-state index contributed by atoms with van der Waals surface area (Å²) in [6.07, 6.45) is 0. The van der Waals surface area contributed by atoms with Crippen LogP contribution in [0, 0.1) is 5.92 Å². The Hall–Kier alpha value is -2.84. The van der Waals surface area contributed by atoms with Crippen molar-refractivity contribution in [1.82, 2.24) is 9.62 Å². The molecule has 2 aromatic carbocycles. The Kier molecular flexibility index (Phi) is 6.48. The molecule has 7 nitrogen and oxygen atoms in total. The van der Waals surface area contributed by atoms with Gasteiger partial charge in [-0.25, -0.2) is 12.7 Å². The summed E-state index contributed by atoms with van der Waals surface area (Å²) in [6.45, 7) is 4.89. The topological polar surface area (TPSA) is 88.8 Å². The van der Waals surface area contributed by atoms with Crippen LogP contribution in [0.2, 0.25) is 0 Å². The van der Waals surface area contributed by atoms with Gasteiger partial charge >= 0.3 is 0 Å². The molecule has 0 aliphatic rings. The number of ether oxygens (including phenoxy) is 1. The standard InChI is InChI=1S/C22H26N2O5S/c1-15(2)13-23-22(25)16-5-7-18(8-6-16)28-14-19-11-17-12-20(9-10-21(17)29-19)30(26,27)24(3)4/h5-12,15H,13-14H2,1-4H3,(H,23,25). The van der Waals surface area contributed by atoms with E-state index in [0.717, 1.165) is 0 Å². The van der Waals surface area contributed by atoms with E-state index in [2.05, 4.69) is 5.32 Å². The zero-order chi connectivity index (χ0) is 21.9. The highest BCUT2D eigenvalue weighted by Gasteiger charge is 2.18. The summed E-state index contributed by atoms with van der Waals surface area (Å²) in [6, 6.07) is 13.4. The fraction of sp³-hybridized carbons (Fsp3) is 0.318. The predicted molar refractivity (Wildman–Crippen MR) is 115 cm³/mol. The van der Waals surface area contributed by atoms with Gasteiger partial charge in [-0.15, -0.1) is 0 Å². The Bertz CT molecular complexity index is 1130. The highest BCUT2D eigenvalue weighted by molar-refractivity contribution is 7.89. The molecular weight excluding hydrogens is 404 g/mol. The molecule has 0 saturated heterocycles. The van der Waals surface area contributed by atoms with Crippen molar-refractivity contribution in [1.29, 1.82) is 0 Å². The molecule has 1 amide bonds. The quantitative estimate of drug-likeness (QED) is 0.589. The normalized spacial score (nSPS) is 11.9. The molecule has 1 aromatic heterocycles. The van der Waals surface area contributed by atoms with Gasteiger partial charge in [-0.1, -0.05) is 13.8 Å². The smallest absolute Gasteiger partial charge is 0.251 e. The number of nitrogens with one attached hydrogen (secondary N) is 1. The first-order chi connectivity index (χ1) is 14.2. The van der Waals surface area contributed by atoms with Gasteiger partial charge in [0.1, 0.15) is 23.7 Å². The summed E-state index contributed by atoms with van der Waals surface area (Å²) in [5.74, 6) is 1.45. The summed E-state index contributed by atoms with van der Waals surface area (Å²) in [7, 11) is -0.520. The maximum absolute atomic E-state index is 12.3. The van der Waals surface area contributed by atoms with Crippen LogP contribution >= 0.6 is 0 Å². The van der Waals surface area contributed by atoms with Crippen LogP contribution in [0.15, 0.2) is 57.8 Å². The number of carbonyl (C=O) groups is 1. The summed E-state index contributed by atoms with van der Waals surface area (Å²) >= 11 is 0. The van der Waals surface area contributed by atoms with Crippen LogP contribution in [-0.2, 0) is 16.6 Å². The maximum atomic E-state index is 12.3. The van der Waals surface area contributed by atoms with Gasteiger partial charge < -0.3 is 14.5 Å². The minimum Gasteiger partial charge on any atom is -0.486 e. The van der Waals surface area contributed by atoms with Crippen LogP contribution in [0.25, 0.3) is 11.0 Å². The van der Waals surface area contributed by atoms with Gasteiger partial charge in [0.25, 0.3) is 5.91 Å². The third-order valence-electron chi connectivity index (χ3n) is 4.49. The zero-order valence-electron chi connectivity index (χ0n) is 17.5. The van der Waals surface area contributed by atoms with Gasteiger partial charge in [-0.05, 0) is 54.4 Å². The lowest BCUT2D eigenvalue weighted by Crippen LogP contribution is -2.27. The molecule has 0 aliphatic carbocycles. The van der Waals surface area contributed by atoms with Gasteiger partial charge in [0.15, 0.2) is 0 Å². The molecule has 1 heterocycles. The molecule has 0 bridgehead atoms. The highest BCUT2D eigenvalue weighted by Crippen LogP contribution is 2.25. The van der Waals surface area contributed by atoms with E-state index in [0.29, 0.717) is 40.5 Å². The number of nitrogens with zero attached hydrogens (tertiary/aromatic N) is 1. The molecule has 0 radical (unpaired) electrons. The van der Waals surface area contributed by atoms with Crippen LogP contribution in [0.3, 0.4) is 0 Å². The molecule has 3 rings (SSSR count). The molecule has 0 unspecified atom stereocenters. The number of furan rings is 1. The van der Waals surface area contributed by atoms with E-state index in [9.17, 15) is 13.2 Å². The summed E-state index contributed by atoms with van der Waals surface area (Å²) in [5, 5.41) is 3.56. The van der Waals surface area contributed by atoms with E-state index in [4.69, 9.17) is 9.15 Å². The number of rotatable bonds is 8. The highest BCUT2D eigenvalue weighted by atomic mass is 32.2. The number of carbonyl (C=O) groups excluding carboxylic acids is 1. The van der Waals surface area contributed by atoms with Crippen LogP contribution < -0.4 is 10.1 Å². The van der Waals surface area contributed by atoms with Crippen molar-refractivity contribution in [3.8, 4) is 5.75 Å². The largest absolute Gasteiger partial charge is 0.486 e. The van der Waals surface area contributed by atoms with E-state index < -0.39 is 10.0 Å². The Balaban J connectivity index is 1.66. The van der Waals surface area contributed by atoms with Gasteiger partial charge in [0.05, 0.1) is 4.90 Å². The van der Waals surface area contributed by atoms with Gasteiger partial charge in [-0.2, -0.15) is 0 Å². The van der Waals surface area contributed by atoms with E-state index >= 15 is 0 Å². The first-order valence-electron chi connectivity index (χ1n) is 9.63. The van der Waals surface area contributed by atoms with Crippen molar-refractivity contribution in [2.75, 3.05) is 20.6 Å². The molecule has 30 heavy (non-hydrogen) atoms. The number of sulfonamides is 1. The van der Waals surface area contributed by atoms with Crippen molar-refractivity contribution in [2.24, 2.45) is 5.92 Å². The van der Waals surface area contributed by atoms with Gasteiger partial charge in [0, 0.05) is 31.6 Å². The molecule has 160 valence electrons. The third-order valence-corrected chi connectivity index (χ3v) is 6.30. The Morgan fingerprint density at radius 2 is 1.80 bits per heavy atom. The van der Waals surface area contributed by atoms with Crippen LogP contribution in [0.5, 0.6) is 5.75 Å².